The van der Waals surface area contributed by atoms with Gasteiger partial charge in [0, 0.05) is 49.4 Å². The summed E-state index contributed by atoms with van der Waals surface area (Å²) >= 11 is 0. The van der Waals surface area contributed by atoms with Gasteiger partial charge in [0.05, 0.1) is 5.52 Å². The van der Waals surface area contributed by atoms with Crippen LogP contribution in [0.4, 0.5) is 5.69 Å². The maximum atomic E-state index is 12.2. The van der Waals surface area contributed by atoms with Crippen LogP contribution in [0.1, 0.15) is 25.7 Å². The van der Waals surface area contributed by atoms with E-state index in [1.54, 1.807) is 0 Å². The molecule has 2 heterocycles. The van der Waals surface area contributed by atoms with Gasteiger partial charge < -0.3 is 9.80 Å². The van der Waals surface area contributed by atoms with E-state index in [0.717, 1.165) is 44.3 Å². The van der Waals surface area contributed by atoms with Crippen LogP contribution in [-0.2, 0) is 4.79 Å². The van der Waals surface area contributed by atoms with Gasteiger partial charge in [0.15, 0.2) is 0 Å². The number of para-hydroxylation sites is 1. The molecule has 0 radical (unpaired) electrons. The Balaban J connectivity index is 1.47. The van der Waals surface area contributed by atoms with Gasteiger partial charge >= 0.3 is 0 Å². The van der Waals surface area contributed by atoms with Crippen LogP contribution in [0.15, 0.2) is 36.5 Å². The highest BCUT2D eigenvalue weighted by molar-refractivity contribution is 5.91. The molecule has 120 valence electrons. The summed E-state index contributed by atoms with van der Waals surface area (Å²) in [6.07, 6.45) is 6.17. The van der Waals surface area contributed by atoms with Gasteiger partial charge in [-0.1, -0.05) is 18.2 Å². The minimum Gasteiger partial charge on any atom is -0.371 e. The highest BCUT2D eigenvalue weighted by Crippen LogP contribution is 2.33. The molecule has 1 saturated carbocycles. The summed E-state index contributed by atoms with van der Waals surface area (Å²) in [5.41, 5.74) is 2.32. The third-order valence-corrected chi connectivity index (χ3v) is 5.25. The Labute approximate surface area is 137 Å². The SMILES string of the molecule is CN(C(=O)C1CC1)C1CCN(c2ccnc3ccccc23)CC1. The van der Waals surface area contributed by atoms with Crippen molar-refractivity contribution >= 4 is 22.5 Å². The lowest BCUT2D eigenvalue weighted by atomic mass is 10.0. The summed E-state index contributed by atoms with van der Waals surface area (Å²) in [6.45, 7) is 2.00. The smallest absolute Gasteiger partial charge is 0.225 e. The molecule has 1 saturated heterocycles. The Morgan fingerprint density at radius 3 is 2.61 bits per heavy atom. The van der Waals surface area contributed by atoms with Crippen molar-refractivity contribution in [2.75, 3.05) is 25.0 Å². The second kappa shape index (κ2) is 5.84. The molecule has 23 heavy (non-hydrogen) atoms. The number of rotatable bonds is 3. The Kier molecular flexibility index (Phi) is 3.68. The van der Waals surface area contributed by atoms with Crippen molar-refractivity contribution < 1.29 is 4.79 Å². The van der Waals surface area contributed by atoms with Crippen LogP contribution in [0, 0.1) is 5.92 Å². The average Bonchev–Trinajstić information content (AvgIpc) is 3.45. The van der Waals surface area contributed by atoms with Gasteiger partial charge in [-0.15, -0.1) is 0 Å². The molecule has 1 aliphatic heterocycles. The molecule has 4 heteroatoms. The summed E-state index contributed by atoms with van der Waals surface area (Å²) in [7, 11) is 1.99. The van der Waals surface area contributed by atoms with Crippen LogP contribution in [0.3, 0.4) is 0 Å². The van der Waals surface area contributed by atoms with Crippen molar-refractivity contribution in [2.24, 2.45) is 5.92 Å². The first-order chi connectivity index (χ1) is 11.2. The van der Waals surface area contributed by atoms with E-state index in [-0.39, 0.29) is 0 Å². The van der Waals surface area contributed by atoms with E-state index in [1.807, 2.05) is 24.2 Å². The van der Waals surface area contributed by atoms with Gasteiger partial charge in [0.2, 0.25) is 5.91 Å². The number of fused-ring (bicyclic) bond motifs is 1. The lowest BCUT2D eigenvalue weighted by Crippen LogP contribution is -2.46. The summed E-state index contributed by atoms with van der Waals surface area (Å²) in [5.74, 6) is 0.681. The van der Waals surface area contributed by atoms with Crippen molar-refractivity contribution in [1.29, 1.82) is 0 Å². The highest BCUT2D eigenvalue weighted by Gasteiger charge is 2.35. The zero-order valence-corrected chi connectivity index (χ0v) is 13.6. The zero-order chi connectivity index (χ0) is 15.8. The van der Waals surface area contributed by atoms with Crippen LogP contribution in [0.2, 0.25) is 0 Å². The third-order valence-electron chi connectivity index (χ3n) is 5.25. The van der Waals surface area contributed by atoms with Crippen molar-refractivity contribution in [2.45, 2.75) is 31.7 Å². The molecule has 0 N–H and O–H groups in total. The number of amides is 1. The van der Waals surface area contributed by atoms with Gasteiger partial charge in [0.1, 0.15) is 0 Å². The number of pyridine rings is 1. The monoisotopic (exact) mass is 309 g/mol. The number of carbonyl (C=O) groups is 1. The molecule has 0 spiro atoms. The first-order valence-electron chi connectivity index (χ1n) is 8.59. The molecule has 1 aromatic heterocycles. The third kappa shape index (κ3) is 2.78. The molecule has 2 aliphatic rings. The Morgan fingerprint density at radius 2 is 1.87 bits per heavy atom. The van der Waals surface area contributed by atoms with Crippen LogP contribution < -0.4 is 4.90 Å². The Morgan fingerprint density at radius 1 is 1.13 bits per heavy atom. The van der Waals surface area contributed by atoms with E-state index < -0.39 is 0 Å². The van der Waals surface area contributed by atoms with Gasteiger partial charge in [0.25, 0.3) is 0 Å². The van der Waals surface area contributed by atoms with Crippen molar-refractivity contribution in [3.8, 4) is 0 Å². The predicted octanol–water partition coefficient (Wildman–Crippen LogP) is 3.07. The van der Waals surface area contributed by atoms with Crippen LogP contribution in [0.25, 0.3) is 10.9 Å². The maximum absolute atomic E-state index is 12.2. The van der Waals surface area contributed by atoms with Crippen LogP contribution in [0.5, 0.6) is 0 Å². The fourth-order valence-electron chi connectivity index (χ4n) is 3.65. The first-order valence-corrected chi connectivity index (χ1v) is 8.59. The number of hydrogen-bond donors (Lipinski definition) is 0. The largest absolute Gasteiger partial charge is 0.371 e. The van der Waals surface area contributed by atoms with E-state index in [9.17, 15) is 4.79 Å². The number of piperidine rings is 1. The molecule has 0 atom stereocenters. The quantitative estimate of drug-likeness (QED) is 0.874. The molecule has 1 aliphatic carbocycles. The summed E-state index contributed by atoms with van der Waals surface area (Å²) in [6, 6.07) is 10.8. The van der Waals surface area contributed by atoms with E-state index in [0.29, 0.717) is 17.9 Å². The number of carbonyl (C=O) groups excluding carboxylic acids is 1. The molecule has 2 aromatic rings. The van der Waals surface area contributed by atoms with E-state index in [1.165, 1.54) is 11.1 Å². The normalized spacial score (nSPS) is 19.1. The van der Waals surface area contributed by atoms with Gasteiger partial charge in [-0.25, -0.2) is 0 Å². The molecule has 1 amide bonds. The van der Waals surface area contributed by atoms with Crippen molar-refractivity contribution in [1.82, 2.24) is 9.88 Å². The zero-order valence-electron chi connectivity index (χ0n) is 13.6. The first kappa shape index (κ1) is 14.5. The van der Waals surface area contributed by atoms with E-state index >= 15 is 0 Å². The molecule has 1 aromatic carbocycles. The van der Waals surface area contributed by atoms with Crippen LogP contribution >= 0.6 is 0 Å². The fourth-order valence-corrected chi connectivity index (χ4v) is 3.65. The van der Waals surface area contributed by atoms with Crippen molar-refractivity contribution in [3.05, 3.63) is 36.5 Å². The number of benzene rings is 1. The van der Waals surface area contributed by atoms with Gasteiger partial charge in [-0.3, -0.25) is 9.78 Å². The number of anilines is 1. The molecular weight excluding hydrogens is 286 g/mol. The molecule has 4 rings (SSSR count). The predicted molar refractivity (Wildman–Crippen MR) is 92.5 cm³/mol. The highest BCUT2D eigenvalue weighted by atomic mass is 16.2. The molecule has 4 nitrogen and oxygen atoms in total. The summed E-state index contributed by atoms with van der Waals surface area (Å²) in [5, 5.41) is 1.22. The standard InChI is InChI=1S/C19H23N3O/c1-21(19(23)14-6-7-14)15-9-12-22(13-10-15)18-8-11-20-17-5-3-2-4-16(17)18/h2-5,8,11,14-15H,6-7,9-10,12-13H2,1H3. The molecule has 0 bridgehead atoms. The van der Waals surface area contributed by atoms with E-state index in [4.69, 9.17) is 0 Å². The second-order valence-electron chi connectivity index (χ2n) is 6.79. The van der Waals surface area contributed by atoms with Gasteiger partial charge in [-0.05, 0) is 37.8 Å². The summed E-state index contributed by atoms with van der Waals surface area (Å²) < 4.78 is 0. The number of hydrogen-bond acceptors (Lipinski definition) is 3. The molecule has 0 unspecified atom stereocenters. The topological polar surface area (TPSA) is 36.4 Å². The minimum atomic E-state index is 0.321. The molecular formula is C19H23N3O. The number of aromatic nitrogens is 1. The summed E-state index contributed by atoms with van der Waals surface area (Å²) in [4.78, 5) is 21.1. The van der Waals surface area contributed by atoms with Crippen molar-refractivity contribution in [3.63, 3.8) is 0 Å². The Hall–Kier alpha value is -2.10. The maximum Gasteiger partial charge on any atom is 0.225 e. The fraction of sp³-hybridized carbons (Fsp3) is 0.474. The lowest BCUT2D eigenvalue weighted by molar-refractivity contribution is -0.133. The Bertz CT molecular complexity index is 712. The molecule has 2 fully saturated rings. The average molecular weight is 309 g/mol. The lowest BCUT2D eigenvalue weighted by Gasteiger charge is -2.38. The minimum absolute atomic E-state index is 0.321. The number of nitrogens with zero attached hydrogens (tertiary/aromatic N) is 3. The van der Waals surface area contributed by atoms with Crippen LogP contribution in [-0.4, -0.2) is 42.0 Å². The van der Waals surface area contributed by atoms with E-state index in [2.05, 4.69) is 34.1 Å². The van der Waals surface area contributed by atoms with Gasteiger partial charge in [-0.2, -0.15) is 0 Å². The second-order valence-corrected chi connectivity index (χ2v) is 6.79.